The summed E-state index contributed by atoms with van der Waals surface area (Å²) in [5.74, 6) is 0.709. The van der Waals surface area contributed by atoms with Crippen LogP contribution in [-0.4, -0.2) is 9.97 Å². The first-order chi connectivity index (χ1) is 26.0. The minimum absolute atomic E-state index is 0.0746. The largest absolute Gasteiger partial charge is 0.228 e. The van der Waals surface area contributed by atoms with Crippen molar-refractivity contribution in [3.05, 3.63) is 193 Å². The maximum absolute atomic E-state index is 5.35. The van der Waals surface area contributed by atoms with Gasteiger partial charge in [-0.05, 0) is 109 Å². The van der Waals surface area contributed by atoms with Crippen LogP contribution in [0.15, 0.2) is 182 Å². The third kappa shape index (κ3) is 5.34. The van der Waals surface area contributed by atoms with Gasteiger partial charge in [0.25, 0.3) is 0 Å². The van der Waals surface area contributed by atoms with Gasteiger partial charge in [0, 0.05) is 22.1 Å². The van der Waals surface area contributed by atoms with Crippen molar-refractivity contribution < 1.29 is 0 Å². The second kappa shape index (κ2) is 12.3. The first-order valence-corrected chi connectivity index (χ1v) is 18.3. The molecule has 0 radical (unpaired) electrons. The van der Waals surface area contributed by atoms with Gasteiger partial charge >= 0.3 is 0 Å². The summed E-state index contributed by atoms with van der Waals surface area (Å²) in [5.41, 5.74) is 14.9. The van der Waals surface area contributed by atoms with E-state index in [1.807, 2.05) is 6.07 Å². The van der Waals surface area contributed by atoms with E-state index in [0.717, 1.165) is 39.2 Å². The summed E-state index contributed by atoms with van der Waals surface area (Å²) >= 11 is 0. The van der Waals surface area contributed by atoms with Crippen molar-refractivity contribution in [2.24, 2.45) is 0 Å². The number of fused-ring (bicyclic) bond motifs is 6. The van der Waals surface area contributed by atoms with Gasteiger partial charge in [0.2, 0.25) is 0 Å². The van der Waals surface area contributed by atoms with E-state index in [0.29, 0.717) is 5.82 Å². The Morgan fingerprint density at radius 3 is 1.55 bits per heavy atom. The van der Waals surface area contributed by atoms with Gasteiger partial charge in [0.1, 0.15) is 0 Å². The fourth-order valence-corrected chi connectivity index (χ4v) is 8.24. The lowest BCUT2D eigenvalue weighted by Crippen LogP contribution is -2.14. The molecule has 0 N–H and O–H groups in total. The van der Waals surface area contributed by atoms with E-state index in [9.17, 15) is 0 Å². The minimum Gasteiger partial charge on any atom is -0.228 e. The zero-order chi connectivity index (χ0) is 35.5. The Hall–Kier alpha value is -6.64. The SMILES string of the molecule is CC1(C)c2ccccc2-c2cc3ccc4ccc(-c5nc(-c6ccccc6)cc(-c6cc(-c7ccccc7)cc(-c7ccccc7)c6)n5)cc4c3cc21. The van der Waals surface area contributed by atoms with Crippen molar-refractivity contribution in [1.29, 1.82) is 0 Å². The van der Waals surface area contributed by atoms with E-state index >= 15 is 0 Å². The van der Waals surface area contributed by atoms with Crippen molar-refractivity contribution in [3.63, 3.8) is 0 Å². The van der Waals surface area contributed by atoms with Gasteiger partial charge in [-0.25, -0.2) is 9.97 Å². The molecule has 0 saturated heterocycles. The number of nitrogens with zero attached hydrogens (tertiary/aromatic N) is 2. The Labute approximate surface area is 310 Å². The summed E-state index contributed by atoms with van der Waals surface area (Å²) in [6, 6.07) is 65.4. The third-order valence-electron chi connectivity index (χ3n) is 11.0. The summed E-state index contributed by atoms with van der Waals surface area (Å²) in [6.07, 6.45) is 0. The maximum Gasteiger partial charge on any atom is 0.160 e. The van der Waals surface area contributed by atoms with Gasteiger partial charge in [0.05, 0.1) is 11.4 Å². The van der Waals surface area contributed by atoms with Crippen molar-refractivity contribution in [3.8, 4) is 67.3 Å². The molecule has 0 aliphatic heterocycles. The molecule has 0 fully saturated rings. The first kappa shape index (κ1) is 31.1. The highest BCUT2D eigenvalue weighted by Crippen LogP contribution is 2.50. The van der Waals surface area contributed by atoms with Crippen LogP contribution in [0.1, 0.15) is 25.0 Å². The quantitative estimate of drug-likeness (QED) is 0.170. The fourth-order valence-electron chi connectivity index (χ4n) is 8.24. The van der Waals surface area contributed by atoms with Gasteiger partial charge in [0.15, 0.2) is 5.82 Å². The molecule has 2 heteroatoms. The molecule has 0 unspecified atom stereocenters. The molecular weight excluding hydrogens is 641 g/mol. The molecule has 0 bridgehead atoms. The van der Waals surface area contributed by atoms with E-state index in [-0.39, 0.29) is 5.41 Å². The standard InChI is InChI=1S/C51H36N2/c1-51(2)46-21-13-12-20-42(46)45-29-37-24-22-35-23-25-38(30-43(35)44(37)31-47(45)51)50-52-48(36-18-10-5-11-19-36)32-49(53-50)41-27-39(33-14-6-3-7-15-33)26-40(28-41)34-16-8-4-9-17-34/h3-32H,1-2H3. The number of hydrogen-bond acceptors (Lipinski definition) is 2. The molecule has 8 aromatic carbocycles. The van der Waals surface area contributed by atoms with E-state index < -0.39 is 0 Å². The normalized spacial score (nSPS) is 12.9. The number of hydrogen-bond donors (Lipinski definition) is 0. The van der Waals surface area contributed by atoms with Crippen molar-refractivity contribution >= 4 is 21.5 Å². The number of rotatable bonds is 5. The molecule has 0 atom stereocenters. The molecule has 1 aliphatic rings. The van der Waals surface area contributed by atoms with E-state index in [1.54, 1.807) is 0 Å². The molecule has 2 nitrogen and oxygen atoms in total. The van der Waals surface area contributed by atoms with Crippen molar-refractivity contribution in [2.45, 2.75) is 19.3 Å². The fraction of sp³-hybridized carbons (Fsp3) is 0.0588. The Bertz CT molecular complexity index is 2780. The van der Waals surface area contributed by atoms with Crippen LogP contribution < -0.4 is 0 Å². The number of benzene rings is 8. The van der Waals surface area contributed by atoms with Gasteiger partial charge < -0.3 is 0 Å². The molecule has 0 saturated carbocycles. The summed E-state index contributed by atoms with van der Waals surface area (Å²) in [7, 11) is 0. The highest BCUT2D eigenvalue weighted by atomic mass is 14.9. The predicted octanol–water partition coefficient (Wildman–Crippen LogP) is 13.4. The van der Waals surface area contributed by atoms with Crippen LogP contribution >= 0.6 is 0 Å². The molecule has 1 aliphatic carbocycles. The van der Waals surface area contributed by atoms with Crippen LogP contribution in [0.5, 0.6) is 0 Å². The lowest BCUT2D eigenvalue weighted by Gasteiger charge is -2.22. The second-order valence-corrected chi connectivity index (χ2v) is 14.7. The summed E-state index contributed by atoms with van der Waals surface area (Å²) in [4.78, 5) is 10.6. The Balaban J connectivity index is 1.18. The molecule has 9 aromatic rings. The Kier molecular flexibility index (Phi) is 7.19. The van der Waals surface area contributed by atoms with Crippen LogP contribution in [0.25, 0.3) is 88.8 Å². The van der Waals surface area contributed by atoms with E-state index in [1.165, 1.54) is 54.9 Å². The topological polar surface area (TPSA) is 25.8 Å². The summed E-state index contributed by atoms with van der Waals surface area (Å²) < 4.78 is 0. The van der Waals surface area contributed by atoms with Crippen LogP contribution in [-0.2, 0) is 5.41 Å². The van der Waals surface area contributed by atoms with Crippen LogP contribution in [0, 0.1) is 0 Å². The average Bonchev–Trinajstić information content (AvgIpc) is 3.45. The highest BCUT2D eigenvalue weighted by Gasteiger charge is 2.35. The molecule has 1 aromatic heterocycles. The van der Waals surface area contributed by atoms with Gasteiger partial charge in [-0.2, -0.15) is 0 Å². The lowest BCUT2D eigenvalue weighted by molar-refractivity contribution is 0.661. The summed E-state index contributed by atoms with van der Waals surface area (Å²) in [6.45, 7) is 4.70. The molecular formula is C51H36N2. The van der Waals surface area contributed by atoms with E-state index in [4.69, 9.17) is 9.97 Å². The smallest absolute Gasteiger partial charge is 0.160 e. The van der Waals surface area contributed by atoms with E-state index in [2.05, 4.69) is 190 Å². The molecule has 10 rings (SSSR count). The summed E-state index contributed by atoms with van der Waals surface area (Å²) in [5, 5.41) is 4.91. The molecule has 0 spiro atoms. The van der Waals surface area contributed by atoms with Gasteiger partial charge in [-0.3, -0.25) is 0 Å². The Morgan fingerprint density at radius 1 is 0.340 bits per heavy atom. The average molecular weight is 677 g/mol. The molecule has 0 amide bonds. The van der Waals surface area contributed by atoms with Crippen LogP contribution in [0.4, 0.5) is 0 Å². The van der Waals surface area contributed by atoms with Crippen molar-refractivity contribution in [2.75, 3.05) is 0 Å². The third-order valence-corrected chi connectivity index (χ3v) is 11.0. The molecule has 250 valence electrons. The van der Waals surface area contributed by atoms with Crippen LogP contribution in [0.2, 0.25) is 0 Å². The zero-order valence-electron chi connectivity index (χ0n) is 29.7. The van der Waals surface area contributed by atoms with Crippen LogP contribution in [0.3, 0.4) is 0 Å². The molecule has 1 heterocycles. The predicted molar refractivity (Wildman–Crippen MR) is 222 cm³/mol. The lowest BCUT2D eigenvalue weighted by atomic mass is 9.81. The monoisotopic (exact) mass is 676 g/mol. The minimum atomic E-state index is -0.0746. The molecule has 53 heavy (non-hydrogen) atoms. The first-order valence-electron chi connectivity index (χ1n) is 18.3. The van der Waals surface area contributed by atoms with Gasteiger partial charge in [-0.15, -0.1) is 0 Å². The van der Waals surface area contributed by atoms with Gasteiger partial charge in [-0.1, -0.05) is 153 Å². The Morgan fingerprint density at radius 2 is 0.868 bits per heavy atom. The second-order valence-electron chi connectivity index (χ2n) is 14.7. The zero-order valence-corrected chi connectivity index (χ0v) is 29.7. The number of aromatic nitrogens is 2. The maximum atomic E-state index is 5.35. The highest BCUT2D eigenvalue weighted by molar-refractivity contribution is 6.10. The van der Waals surface area contributed by atoms with Crippen molar-refractivity contribution in [1.82, 2.24) is 9.97 Å².